The number of methoxy groups -OCH3 is 1. The Hall–Kier alpha value is -2.40. The number of ether oxygens (including phenoxy) is 1. The van der Waals surface area contributed by atoms with Crippen LogP contribution in [-0.4, -0.2) is 22.8 Å². The molecule has 3 rings (SSSR count). The van der Waals surface area contributed by atoms with E-state index in [4.69, 9.17) is 4.74 Å². The molecule has 4 nitrogen and oxygen atoms in total. The number of rotatable bonds is 6. The normalized spacial score (nSPS) is 10.7. The van der Waals surface area contributed by atoms with Crippen molar-refractivity contribution in [3.05, 3.63) is 70.2 Å². The molecule has 5 heteroatoms. The Morgan fingerprint density at radius 2 is 2.00 bits per heavy atom. The topological polar surface area (TPSA) is 44.1 Å². The number of carbonyl (C=O) groups is 1. The monoisotopic (exact) mass is 326 g/mol. The Morgan fingerprint density at radius 1 is 1.17 bits per heavy atom. The molecule has 0 aliphatic carbocycles. The molecule has 23 heavy (non-hydrogen) atoms. The van der Waals surface area contributed by atoms with Crippen LogP contribution in [0.15, 0.2) is 54.0 Å². The molecule has 118 valence electrons. The van der Waals surface area contributed by atoms with Crippen molar-refractivity contribution in [3.8, 4) is 5.75 Å². The summed E-state index contributed by atoms with van der Waals surface area (Å²) in [7, 11) is 1.63. The van der Waals surface area contributed by atoms with Crippen molar-refractivity contribution in [2.75, 3.05) is 7.11 Å². The van der Waals surface area contributed by atoms with Gasteiger partial charge in [0.05, 0.1) is 19.2 Å². The molecule has 0 aliphatic rings. The first-order valence-corrected chi connectivity index (χ1v) is 8.35. The first kappa shape index (κ1) is 15.5. The average molecular weight is 326 g/mol. The van der Waals surface area contributed by atoms with E-state index in [9.17, 15) is 4.79 Å². The minimum Gasteiger partial charge on any atom is -0.497 e. The predicted molar refractivity (Wildman–Crippen MR) is 91.3 cm³/mol. The minimum absolute atomic E-state index is 0.0301. The number of aryl methyl sites for hydroxylation is 2. The van der Waals surface area contributed by atoms with E-state index in [0.717, 1.165) is 29.8 Å². The zero-order chi connectivity index (χ0) is 16.1. The molecule has 2 aromatic heterocycles. The fourth-order valence-corrected chi connectivity index (χ4v) is 3.05. The van der Waals surface area contributed by atoms with Gasteiger partial charge in [-0.3, -0.25) is 4.79 Å². The van der Waals surface area contributed by atoms with Gasteiger partial charge in [0.2, 0.25) is 0 Å². The van der Waals surface area contributed by atoms with Crippen LogP contribution < -0.4 is 4.74 Å². The minimum atomic E-state index is -0.0301. The highest BCUT2D eigenvalue weighted by Crippen LogP contribution is 2.13. The van der Waals surface area contributed by atoms with E-state index in [1.807, 2.05) is 30.3 Å². The lowest BCUT2D eigenvalue weighted by atomic mass is 10.1. The van der Waals surface area contributed by atoms with E-state index in [1.54, 1.807) is 24.6 Å². The number of nitrogens with zero attached hydrogens (tertiary/aromatic N) is 2. The molecule has 1 aromatic carbocycles. The molecule has 0 fully saturated rings. The zero-order valence-corrected chi connectivity index (χ0v) is 13.8. The maximum absolute atomic E-state index is 12.3. The Kier molecular flexibility index (Phi) is 4.88. The van der Waals surface area contributed by atoms with E-state index in [1.165, 1.54) is 9.56 Å². The molecule has 2 heterocycles. The predicted octanol–water partition coefficient (Wildman–Crippen LogP) is 3.62. The molecule has 0 N–H and O–H groups in total. The second-order valence-electron chi connectivity index (χ2n) is 5.25. The highest BCUT2D eigenvalue weighted by atomic mass is 32.1. The largest absolute Gasteiger partial charge is 0.497 e. The van der Waals surface area contributed by atoms with Gasteiger partial charge in [0.1, 0.15) is 5.75 Å². The van der Waals surface area contributed by atoms with Gasteiger partial charge in [-0.05, 0) is 48.1 Å². The van der Waals surface area contributed by atoms with Gasteiger partial charge in [0, 0.05) is 11.1 Å². The highest BCUT2D eigenvalue weighted by Gasteiger charge is 2.09. The lowest BCUT2D eigenvalue weighted by Gasteiger charge is -2.03. The SMILES string of the molecule is COc1ccc(CC(=O)n2ccc(CCc3cccs3)n2)cc1. The van der Waals surface area contributed by atoms with Crippen LogP contribution in [0.3, 0.4) is 0 Å². The van der Waals surface area contributed by atoms with Crippen LogP contribution in [0.25, 0.3) is 0 Å². The summed E-state index contributed by atoms with van der Waals surface area (Å²) in [6.07, 6.45) is 3.89. The number of hydrogen-bond acceptors (Lipinski definition) is 4. The molecule has 0 spiro atoms. The Balaban J connectivity index is 1.59. The van der Waals surface area contributed by atoms with E-state index in [2.05, 4.69) is 22.6 Å². The van der Waals surface area contributed by atoms with Gasteiger partial charge in [-0.15, -0.1) is 11.3 Å². The fraction of sp³-hybridized carbons (Fsp3) is 0.222. The van der Waals surface area contributed by atoms with Crippen LogP contribution in [-0.2, 0) is 19.3 Å². The maximum atomic E-state index is 12.3. The molecule has 0 amide bonds. The summed E-state index contributed by atoms with van der Waals surface area (Å²) >= 11 is 1.75. The summed E-state index contributed by atoms with van der Waals surface area (Å²) in [5.41, 5.74) is 1.90. The number of carbonyl (C=O) groups excluding carboxylic acids is 1. The third-order valence-electron chi connectivity index (χ3n) is 3.62. The summed E-state index contributed by atoms with van der Waals surface area (Å²) < 4.78 is 6.56. The Labute approximate surface area is 139 Å². The molecule has 3 aromatic rings. The third-order valence-corrected chi connectivity index (χ3v) is 4.56. The molecular weight excluding hydrogens is 308 g/mol. The van der Waals surface area contributed by atoms with E-state index in [0.29, 0.717) is 6.42 Å². The smallest absolute Gasteiger partial charge is 0.251 e. The van der Waals surface area contributed by atoms with Crippen LogP contribution in [0.4, 0.5) is 0 Å². The Bertz CT molecular complexity index is 761. The van der Waals surface area contributed by atoms with Crippen molar-refractivity contribution in [3.63, 3.8) is 0 Å². The van der Waals surface area contributed by atoms with E-state index in [-0.39, 0.29) is 5.91 Å². The van der Waals surface area contributed by atoms with Crippen molar-refractivity contribution in [1.82, 2.24) is 9.78 Å². The molecule has 0 radical (unpaired) electrons. The number of hydrogen-bond donors (Lipinski definition) is 0. The summed E-state index contributed by atoms with van der Waals surface area (Å²) in [6, 6.07) is 13.6. The van der Waals surface area contributed by atoms with Gasteiger partial charge in [-0.25, -0.2) is 4.68 Å². The molecule has 0 atom stereocenters. The van der Waals surface area contributed by atoms with Crippen LogP contribution >= 0.6 is 11.3 Å². The fourth-order valence-electron chi connectivity index (χ4n) is 2.34. The lowest BCUT2D eigenvalue weighted by molar-refractivity contribution is 0.0898. The molecule has 0 saturated heterocycles. The second kappa shape index (κ2) is 7.24. The summed E-state index contributed by atoms with van der Waals surface area (Å²) in [5, 5.41) is 6.46. The van der Waals surface area contributed by atoms with Crippen molar-refractivity contribution < 1.29 is 9.53 Å². The van der Waals surface area contributed by atoms with Crippen LogP contribution in [0.2, 0.25) is 0 Å². The quantitative estimate of drug-likeness (QED) is 0.695. The van der Waals surface area contributed by atoms with Gasteiger partial charge in [-0.1, -0.05) is 18.2 Å². The van der Waals surface area contributed by atoms with Gasteiger partial charge < -0.3 is 4.74 Å². The third kappa shape index (κ3) is 4.07. The molecule has 0 saturated carbocycles. The maximum Gasteiger partial charge on any atom is 0.251 e. The summed E-state index contributed by atoms with van der Waals surface area (Å²) in [5.74, 6) is 0.758. The van der Waals surface area contributed by atoms with Crippen molar-refractivity contribution in [1.29, 1.82) is 0 Å². The summed E-state index contributed by atoms with van der Waals surface area (Å²) in [6.45, 7) is 0. The van der Waals surface area contributed by atoms with Crippen LogP contribution in [0.5, 0.6) is 5.75 Å². The second-order valence-corrected chi connectivity index (χ2v) is 6.28. The van der Waals surface area contributed by atoms with E-state index < -0.39 is 0 Å². The van der Waals surface area contributed by atoms with Gasteiger partial charge >= 0.3 is 0 Å². The van der Waals surface area contributed by atoms with Gasteiger partial charge in [-0.2, -0.15) is 5.10 Å². The zero-order valence-electron chi connectivity index (χ0n) is 12.9. The number of benzene rings is 1. The van der Waals surface area contributed by atoms with Gasteiger partial charge in [0.15, 0.2) is 0 Å². The number of thiophene rings is 1. The van der Waals surface area contributed by atoms with Crippen LogP contribution in [0, 0.1) is 0 Å². The highest BCUT2D eigenvalue weighted by molar-refractivity contribution is 7.09. The first-order valence-electron chi connectivity index (χ1n) is 7.47. The number of aromatic nitrogens is 2. The standard InChI is InChI=1S/C18H18N2O2S/c1-22-16-7-4-14(5-8-16)13-18(21)20-11-10-15(19-20)6-9-17-3-2-12-23-17/h2-5,7-8,10-12H,6,9,13H2,1H3. The summed E-state index contributed by atoms with van der Waals surface area (Å²) in [4.78, 5) is 13.6. The molecule has 0 bridgehead atoms. The Morgan fingerprint density at radius 3 is 2.70 bits per heavy atom. The van der Waals surface area contributed by atoms with Crippen molar-refractivity contribution in [2.45, 2.75) is 19.3 Å². The van der Waals surface area contributed by atoms with Crippen molar-refractivity contribution in [2.24, 2.45) is 0 Å². The van der Waals surface area contributed by atoms with Crippen LogP contribution in [0.1, 0.15) is 20.9 Å². The lowest BCUT2D eigenvalue weighted by Crippen LogP contribution is -2.14. The molecule has 0 unspecified atom stereocenters. The average Bonchev–Trinajstić information content (AvgIpc) is 3.25. The van der Waals surface area contributed by atoms with E-state index >= 15 is 0 Å². The molecular formula is C18H18N2O2S. The van der Waals surface area contributed by atoms with Gasteiger partial charge in [0.25, 0.3) is 5.91 Å². The first-order chi connectivity index (χ1) is 11.2. The van der Waals surface area contributed by atoms with Crippen molar-refractivity contribution >= 4 is 17.2 Å². The molecule has 0 aliphatic heterocycles.